The number of carbonyl (C=O) groups excluding carboxylic acids is 1. The van der Waals surface area contributed by atoms with Crippen LogP contribution in [0.2, 0.25) is 0 Å². The molecule has 10 heteroatoms. The van der Waals surface area contributed by atoms with Gasteiger partial charge in [0.25, 0.3) is 0 Å². The number of rotatable bonds is 11. The van der Waals surface area contributed by atoms with E-state index in [1.54, 1.807) is 43.4 Å². The van der Waals surface area contributed by atoms with Crippen LogP contribution in [0, 0.1) is 5.82 Å². The van der Waals surface area contributed by atoms with Crippen LogP contribution in [0.4, 0.5) is 4.39 Å². The summed E-state index contributed by atoms with van der Waals surface area (Å²) in [5.74, 6) is 2.98. The van der Waals surface area contributed by atoms with E-state index in [2.05, 4.69) is 10.1 Å². The zero-order chi connectivity index (χ0) is 27.2. The molecule has 202 valence electrons. The molecule has 3 aromatic carbocycles. The number of methoxy groups -OCH3 is 2. The van der Waals surface area contributed by atoms with E-state index in [1.807, 2.05) is 24.3 Å². The second-order valence-electron chi connectivity index (χ2n) is 8.95. The van der Waals surface area contributed by atoms with E-state index in [-0.39, 0.29) is 24.9 Å². The van der Waals surface area contributed by atoms with Gasteiger partial charge in [0.2, 0.25) is 24.4 Å². The molecule has 9 nitrogen and oxygen atoms in total. The lowest BCUT2D eigenvalue weighted by atomic mass is 10.1. The summed E-state index contributed by atoms with van der Waals surface area (Å²) in [6, 6.07) is 17.1. The molecule has 0 N–H and O–H groups in total. The van der Waals surface area contributed by atoms with Gasteiger partial charge < -0.3 is 28.4 Å². The minimum Gasteiger partial charge on any atom is -0.493 e. The van der Waals surface area contributed by atoms with Gasteiger partial charge in [0.15, 0.2) is 23.0 Å². The zero-order valence-corrected chi connectivity index (χ0v) is 21.7. The highest BCUT2D eigenvalue weighted by Crippen LogP contribution is 2.35. The summed E-state index contributed by atoms with van der Waals surface area (Å²) in [5.41, 5.74) is 2.47. The molecule has 0 radical (unpaired) electrons. The molecule has 4 aromatic rings. The first-order chi connectivity index (χ1) is 19.0. The summed E-state index contributed by atoms with van der Waals surface area (Å²) >= 11 is 0. The number of amides is 1. The van der Waals surface area contributed by atoms with Crippen molar-refractivity contribution < 1.29 is 32.7 Å². The minimum atomic E-state index is -0.342. The summed E-state index contributed by atoms with van der Waals surface area (Å²) in [6.45, 7) is 1.01. The van der Waals surface area contributed by atoms with Gasteiger partial charge in [-0.15, -0.1) is 0 Å². The molecule has 1 amide bonds. The predicted molar refractivity (Wildman–Crippen MR) is 139 cm³/mol. The number of aromatic nitrogens is 2. The van der Waals surface area contributed by atoms with Crippen molar-refractivity contribution in [2.75, 3.05) is 34.1 Å². The van der Waals surface area contributed by atoms with E-state index in [1.165, 1.54) is 12.1 Å². The number of benzene rings is 3. The molecule has 0 saturated heterocycles. The fourth-order valence-corrected chi connectivity index (χ4v) is 4.29. The average Bonchev–Trinajstić information content (AvgIpc) is 3.63. The van der Waals surface area contributed by atoms with Gasteiger partial charge in [-0.25, -0.2) is 4.39 Å². The first kappa shape index (κ1) is 26.0. The molecule has 0 saturated carbocycles. The summed E-state index contributed by atoms with van der Waals surface area (Å²) in [7, 11) is 3.17. The molecule has 0 spiro atoms. The number of hydrogen-bond acceptors (Lipinski definition) is 8. The van der Waals surface area contributed by atoms with E-state index >= 15 is 0 Å². The van der Waals surface area contributed by atoms with E-state index in [0.717, 1.165) is 16.7 Å². The molecule has 2 heterocycles. The van der Waals surface area contributed by atoms with Crippen LogP contribution < -0.4 is 18.9 Å². The predicted octanol–water partition coefficient (Wildman–Crippen LogP) is 4.48. The highest BCUT2D eigenvalue weighted by molar-refractivity contribution is 5.78. The van der Waals surface area contributed by atoms with Crippen molar-refractivity contribution in [3.05, 3.63) is 83.5 Å². The summed E-state index contributed by atoms with van der Waals surface area (Å²) < 4.78 is 40.3. The third-order valence-corrected chi connectivity index (χ3v) is 6.43. The van der Waals surface area contributed by atoms with Crippen LogP contribution in [-0.4, -0.2) is 55.0 Å². The van der Waals surface area contributed by atoms with Gasteiger partial charge >= 0.3 is 0 Å². The molecular formula is C29H28FN3O6. The number of halogens is 1. The van der Waals surface area contributed by atoms with Crippen molar-refractivity contribution >= 4 is 5.91 Å². The average molecular weight is 534 g/mol. The monoisotopic (exact) mass is 533 g/mol. The van der Waals surface area contributed by atoms with Gasteiger partial charge in [0.1, 0.15) is 5.82 Å². The summed E-state index contributed by atoms with van der Waals surface area (Å²) in [6.07, 6.45) is 1.12. The van der Waals surface area contributed by atoms with Crippen LogP contribution in [0.25, 0.3) is 11.4 Å². The standard InChI is InChI=1S/C29H28FN3O6/c1-35-23-9-5-20(15-25(23)36-2)11-13-33(28(34)16-19-3-7-22(30)8-4-19)14-12-27-31-29(32-39-27)21-6-10-24-26(17-21)38-18-37-24/h3-10,15,17H,11-14,16,18H2,1-2H3. The fraction of sp³-hybridized carbons (Fsp3) is 0.276. The van der Waals surface area contributed by atoms with E-state index in [9.17, 15) is 9.18 Å². The highest BCUT2D eigenvalue weighted by Gasteiger charge is 2.19. The topological polar surface area (TPSA) is 96.2 Å². The van der Waals surface area contributed by atoms with Gasteiger partial charge in [-0.1, -0.05) is 23.4 Å². The fourth-order valence-electron chi connectivity index (χ4n) is 4.29. The number of fused-ring (bicyclic) bond motifs is 1. The quantitative estimate of drug-likeness (QED) is 0.279. The van der Waals surface area contributed by atoms with Crippen LogP contribution >= 0.6 is 0 Å². The van der Waals surface area contributed by atoms with Gasteiger partial charge in [0, 0.05) is 25.1 Å². The molecule has 0 bridgehead atoms. The largest absolute Gasteiger partial charge is 0.493 e. The van der Waals surface area contributed by atoms with Crippen molar-refractivity contribution in [1.29, 1.82) is 0 Å². The molecule has 0 aliphatic carbocycles. The lowest BCUT2D eigenvalue weighted by Crippen LogP contribution is -2.36. The third-order valence-electron chi connectivity index (χ3n) is 6.43. The Morgan fingerprint density at radius 1 is 0.897 bits per heavy atom. The van der Waals surface area contributed by atoms with Crippen LogP contribution in [-0.2, 0) is 24.1 Å². The second-order valence-corrected chi connectivity index (χ2v) is 8.95. The molecule has 1 aliphatic heterocycles. The Morgan fingerprint density at radius 2 is 1.64 bits per heavy atom. The molecule has 1 aliphatic rings. The summed E-state index contributed by atoms with van der Waals surface area (Å²) in [5, 5.41) is 4.09. The number of ether oxygens (including phenoxy) is 4. The van der Waals surface area contributed by atoms with E-state index < -0.39 is 0 Å². The smallest absolute Gasteiger partial charge is 0.231 e. The first-order valence-electron chi connectivity index (χ1n) is 12.5. The summed E-state index contributed by atoms with van der Waals surface area (Å²) in [4.78, 5) is 19.6. The molecule has 0 atom stereocenters. The Bertz CT molecular complexity index is 1440. The maximum atomic E-state index is 13.4. The molecule has 0 fully saturated rings. The molecule has 39 heavy (non-hydrogen) atoms. The van der Waals surface area contributed by atoms with Crippen LogP contribution in [0.3, 0.4) is 0 Å². The SMILES string of the molecule is COc1ccc(CCN(CCc2nc(-c3ccc4c(c3)OCO4)no2)C(=O)Cc2ccc(F)cc2)cc1OC. The van der Waals surface area contributed by atoms with Crippen molar-refractivity contribution in [2.24, 2.45) is 0 Å². The third kappa shape index (κ3) is 6.28. The Kier molecular flexibility index (Phi) is 7.91. The molecule has 5 rings (SSSR count). The van der Waals surface area contributed by atoms with Crippen molar-refractivity contribution in [3.63, 3.8) is 0 Å². The van der Waals surface area contributed by atoms with E-state index in [4.69, 9.17) is 23.5 Å². The van der Waals surface area contributed by atoms with Crippen LogP contribution in [0.5, 0.6) is 23.0 Å². The second kappa shape index (κ2) is 11.8. The molecular weight excluding hydrogens is 505 g/mol. The van der Waals surface area contributed by atoms with Crippen molar-refractivity contribution in [1.82, 2.24) is 15.0 Å². The first-order valence-corrected chi connectivity index (χ1v) is 12.5. The van der Waals surface area contributed by atoms with Gasteiger partial charge in [-0.05, 0) is 60.0 Å². The Labute approximate surface area is 225 Å². The number of nitrogens with zero attached hydrogens (tertiary/aromatic N) is 3. The Hall–Kier alpha value is -4.60. The zero-order valence-electron chi connectivity index (χ0n) is 21.7. The lowest BCUT2D eigenvalue weighted by molar-refractivity contribution is -0.130. The number of hydrogen-bond donors (Lipinski definition) is 0. The van der Waals surface area contributed by atoms with Gasteiger partial charge in [-0.2, -0.15) is 4.98 Å². The lowest BCUT2D eigenvalue weighted by Gasteiger charge is -2.22. The maximum Gasteiger partial charge on any atom is 0.231 e. The van der Waals surface area contributed by atoms with Gasteiger partial charge in [0.05, 0.1) is 20.6 Å². The highest BCUT2D eigenvalue weighted by atomic mass is 19.1. The maximum absolute atomic E-state index is 13.4. The Balaban J connectivity index is 1.28. The van der Waals surface area contributed by atoms with Gasteiger partial charge in [-0.3, -0.25) is 4.79 Å². The van der Waals surface area contributed by atoms with Crippen LogP contribution in [0.1, 0.15) is 17.0 Å². The Morgan fingerprint density at radius 3 is 2.44 bits per heavy atom. The van der Waals surface area contributed by atoms with Crippen molar-refractivity contribution in [2.45, 2.75) is 19.3 Å². The molecule has 0 unspecified atom stereocenters. The van der Waals surface area contributed by atoms with E-state index in [0.29, 0.717) is 60.6 Å². The molecule has 1 aromatic heterocycles. The van der Waals surface area contributed by atoms with Crippen LogP contribution in [0.15, 0.2) is 65.2 Å². The number of carbonyl (C=O) groups is 1. The van der Waals surface area contributed by atoms with Crippen molar-refractivity contribution in [3.8, 4) is 34.4 Å². The minimum absolute atomic E-state index is 0.0856. The normalized spacial score (nSPS) is 11.9.